The van der Waals surface area contributed by atoms with Gasteiger partial charge in [0.25, 0.3) is 0 Å². The highest BCUT2D eigenvalue weighted by Crippen LogP contribution is 2.24. The minimum atomic E-state index is -3.36. The van der Waals surface area contributed by atoms with Crippen LogP contribution in [0.4, 0.5) is 0 Å². The standard InChI is InChI=1S/C15H24N2O2S/c1-12-11-17(10-9-16-12)20(18,19)14-7-5-13(6-8-14)15(2,3)4/h5-8,12,16H,9-11H2,1-4H3/t12-/m0/s1. The van der Waals surface area contributed by atoms with Gasteiger partial charge in [-0.15, -0.1) is 0 Å². The molecule has 1 fully saturated rings. The fraction of sp³-hybridized carbons (Fsp3) is 0.600. The number of hydrogen-bond acceptors (Lipinski definition) is 3. The van der Waals surface area contributed by atoms with Crippen molar-refractivity contribution >= 4 is 10.0 Å². The normalized spacial score (nSPS) is 21.9. The van der Waals surface area contributed by atoms with Crippen LogP contribution in [0.25, 0.3) is 0 Å². The number of hydrogen-bond donors (Lipinski definition) is 1. The lowest BCUT2D eigenvalue weighted by molar-refractivity contribution is 0.310. The van der Waals surface area contributed by atoms with Gasteiger partial charge < -0.3 is 5.32 Å². The minimum absolute atomic E-state index is 0.0336. The summed E-state index contributed by atoms with van der Waals surface area (Å²) in [6, 6.07) is 7.48. The van der Waals surface area contributed by atoms with Gasteiger partial charge in [-0.1, -0.05) is 32.9 Å². The first-order chi connectivity index (χ1) is 9.21. The average Bonchev–Trinajstić information content (AvgIpc) is 2.38. The van der Waals surface area contributed by atoms with E-state index in [0.717, 1.165) is 5.56 Å². The highest BCUT2D eigenvalue weighted by Gasteiger charge is 2.28. The summed E-state index contributed by atoms with van der Waals surface area (Å²) in [7, 11) is -3.36. The van der Waals surface area contributed by atoms with Crippen LogP contribution in [0.2, 0.25) is 0 Å². The van der Waals surface area contributed by atoms with Crippen molar-refractivity contribution in [2.45, 2.75) is 44.0 Å². The molecule has 2 rings (SSSR count). The van der Waals surface area contributed by atoms with Gasteiger partial charge in [-0.2, -0.15) is 4.31 Å². The van der Waals surface area contributed by atoms with Gasteiger partial charge in [0.1, 0.15) is 0 Å². The monoisotopic (exact) mass is 296 g/mol. The van der Waals surface area contributed by atoms with E-state index in [1.165, 1.54) is 0 Å². The molecule has 0 bridgehead atoms. The van der Waals surface area contributed by atoms with Gasteiger partial charge >= 0.3 is 0 Å². The molecule has 1 heterocycles. The van der Waals surface area contributed by atoms with E-state index >= 15 is 0 Å². The topological polar surface area (TPSA) is 49.4 Å². The van der Waals surface area contributed by atoms with Crippen LogP contribution in [0, 0.1) is 0 Å². The molecular formula is C15H24N2O2S. The summed E-state index contributed by atoms with van der Waals surface area (Å²) >= 11 is 0. The summed E-state index contributed by atoms with van der Waals surface area (Å²) in [5, 5.41) is 3.26. The molecule has 5 heteroatoms. The molecule has 20 heavy (non-hydrogen) atoms. The van der Waals surface area contributed by atoms with Gasteiger partial charge in [0.05, 0.1) is 4.90 Å². The lowest BCUT2D eigenvalue weighted by Gasteiger charge is -2.31. The Kier molecular flexibility index (Phi) is 4.23. The van der Waals surface area contributed by atoms with Gasteiger partial charge in [-0.25, -0.2) is 8.42 Å². The molecule has 1 aliphatic rings. The molecule has 0 amide bonds. The second-order valence-corrected chi connectivity index (χ2v) is 8.43. The van der Waals surface area contributed by atoms with Crippen molar-refractivity contribution in [1.29, 1.82) is 0 Å². The summed E-state index contributed by atoms with van der Waals surface area (Å²) < 4.78 is 26.8. The maximum atomic E-state index is 12.6. The van der Waals surface area contributed by atoms with Crippen LogP contribution in [0.15, 0.2) is 29.2 Å². The highest BCUT2D eigenvalue weighted by molar-refractivity contribution is 7.89. The molecular weight excluding hydrogens is 272 g/mol. The Bertz CT molecular complexity index is 559. The van der Waals surface area contributed by atoms with Crippen LogP contribution < -0.4 is 5.32 Å². The van der Waals surface area contributed by atoms with Crippen LogP contribution in [0.3, 0.4) is 0 Å². The van der Waals surface area contributed by atoms with Crippen LogP contribution in [-0.4, -0.2) is 38.4 Å². The third-order valence-electron chi connectivity index (χ3n) is 3.69. The first-order valence-corrected chi connectivity index (χ1v) is 8.49. The number of sulfonamides is 1. The molecule has 1 saturated heterocycles. The van der Waals surface area contributed by atoms with E-state index in [1.54, 1.807) is 16.4 Å². The van der Waals surface area contributed by atoms with Crippen molar-refractivity contribution in [3.8, 4) is 0 Å². The maximum Gasteiger partial charge on any atom is 0.243 e. The smallest absolute Gasteiger partial charge is 0.243 e. The lowest BCUT2D eigenvalue weighted by atomic mass is 9.87. The first-order valence-electron chi connectivity index (χ1n) is 7.05. The van der Waals surface area contributed by atoms with Crippen LogP contribution in [0.5, 0.6) is 0 Å². The zero-order valence-electron chi connectivity index (χ0n) is 12.7. The van der Waals surface area contributed by atoms with Crippen LogP contribution in [-0.2, 0) is 15.4 Å². The molecule has 0 saturated carbocycles. The summed E-state index contributed by atoms with van der Waals surface area (Å²) in [5.41, 5.74) is 1.18. The van der Waals surface area contributed by atoms with Gasteiger partial charge in [0, 0.05) is 25.7 Å². The van der Waals surface area contributed by atoms with Crippen molar-refractivity contribution in [2.75, 3.05) is 19.6 Å². The predicted molar refractivity (Wildman–Crippen MR) is 81.4 cm³/mol. The number of nitrogens with one attached hydrogen (secondary N) is 1. The van der Waals surface area contributed by atoms with E-state index in [0.29, 0.717) is 24.5 Å². The largest absolute Gasteiger partial charge is 0.312 e. The van der Waals surface area contributed by atoms with Crippen LogP contribution >= 0.6 is 0 Å². The molecule has 1 aromatic rings. The van der Waals surface area contributed by atoms with E-state index < -0.39 is 10.0 Å². The molecule has 0 radical (unpaired) electrons. The number of piperazine rings is 1. The molecule has 0 spiro atoms. The second-order valence-electron chi connectivity index (χ2n) is 6.49. The molecule has 1 atom stereocenters. The number of benzene rings is 1. The molecule has 1 aliphatic heterocycles. The summed E-state index contributed by atoms with van der Waals surface area (Å²) in [5.74, 6) is 0. The van der Waals surface area contributed by atoms with Crippen LogP contribution in [0.1, 0.15) is 33.3 Å². The van der Waals surface area contributed by atoms with Crippen molar-refractivity contribution in [3.05, 3.63) is 29.8 Å². The fourth-order valence-corrected chi connectivity index (χ4v) is 3.92. The molecule has 0 aliphatic carbocycles. The number of rotatable bonds is 2. The molecule has 4 nitrogen and oxygen atoms in total. The molecule has 1 N–H and O–H groups in total. The maximum absolute atomic E-state index is 12.6. The predicted octanol–water partition coefficient (Wildman–Crippen LogP) is 1.97. The van der Waals surface area contributed by atoms with E-state index in [4.69, 9.17) is 0 Å². The van der Waals surface area contributed by atoms with Crippen molar-refractivity contribution in [1.82, 2.24) is 9.62 Å². The molecule has 0 aromatic heterocycles. The Morgan fingerprint density at radius 3 is 2.30 bits per heavy atom. The Labute approximate surface area is 122 Å². The molecule has 1 aromatic carbocycles. The highest BCUT2D eigenvalue weighted by atomic mass is 32.2. The van der Waals surface area contributed by atoms with Gasteiger partial charge in [0.15, 0.2) is 0 Å². The van der Waals surface area contributed by atoms with Crippen molar-refractivity contribution in [3.63, 3.8) is 0 Å². The van der Waals surface area contributed by atoms with E-state index in [1.807, 2.05) is 19.1 Å². The fourth-order valence-electron chi connectivity index (χ4n) is 2.39. The molecule has 112 valence electrons. The summed E-state index contributed by atoms with van der Waals surface area (Å²) in [6.07, 6.45) is 0. The Morgan fingerprint density at radius 1 is 1.20 bits per heavy atom. The van der Waals surface area contributed by atoms with Crippen molar-refractivity contribution in [2.24, 2.45) is 0 Å². The summed E-state index contributed by atoms with van der Waals surface area (Å²) in [4.78, 5) is 0.389. The summed E-state index contributed by atoms with van der Waals surface area (Å²) in [6.45, 7) is 10.1. The van der Waals surface area contributed by atoms with Gasteiger partial charge in [-0.3, -0.25) is 0 Å². The average molecular weight is 296 g/mol. The van der Waals surface area contributed by atoms with Gasteiger partial charge in [-0.05, 0) is 30.0 Å². The minimum Gasteiger partial charge on any atom is -0.312 e. The zero-order valence-corrected chi connectivity index (χ0v) is 13.5. The Balaban J connectivity index is 2.26. The quantitative estimate of drug-likeness (QED) is 0.907. The SMILES string of the molecule is C[C@H]1CN(S(=O)(=O)c2ccc(C(C)(C)C)cc2)CCN1. The van der Waals surface area contributed by atoms with E-state index in [-0.39, 0.29) is 11.5 Å². The van der Waals surface area contributed by atoms with Crippen molar-refractivity contribution < 1.29 is 8.42 Å². The third kappa shape index (κ3) is 3.22. The van der Waals surface area contributed by atoms with Gasteiger partial charge in [0.2, 0.25) is 10.0 Å². The number of nitrogens with zero attached hydrogens (tertiary/aromatic N) is 1. The third-order valence-corrected chi connectivity index (χ3v) is 5.57. The lowest BCUT2D eigenvalue weighted by Crippen LogP contribution is -2.51. The Morgan fingerprint density at radius 2 is 1.80 bits per heavy atom. The molecule has 0 unspecified atom stereocenters. The van der Waals surface area contributed by atoms with E-state index in [9.17, 15) is 8.42 Å². The van der Waals surface area contributed by atoms with E-state index in [2.05, 4.69) is 26.1 Å². The first kappa shape index (κ1) is 15.5. The Hall–Kier alpha value is -0.910. The second kappa shape index (κ2) is 5.47. The zero-order chi connectivity index (χ0) is 15.0.